The number of aromatic nitrogens is 1. The zero-order valence-corrected chi connectivity index (χ0v) is 13.3. The zero-order chi connectivity index (χ0) is 14.4. The van der Waals surface area contributed by atoms with Crippen molar-refractivity contribution in [2.45, 2.75) is 26.7 Å². The van der Waals surface area contributed by atoms with Gasteiger partial charge in [0.25, 0.3) is 0 Å². The molecule has 0 atom stereocenters. The van der Waals surface area contributed by atoms with Gasteiger partial charge < -0.3 is 5.32 Å². The number of nitrogens with one attached hydrogen (secondary N) is 2. The molecule has 2 rings (SSSR count). The van der Waals surface area contributed by atoms with Crippen LogP contribution in [0.3, 0.4) is 0 Å². The molecule has 20 heavy (non-hydrogen) atoms. The van der Waals surface area contributed by atoms with E-state index in [1.165, 1.54) is 4.70 Å². The van der Waals surface area contributed by atoms with Crippen LogP contribution in [0.1, 0.15) is 31.7 Å². The Labute approximate surface area is 128 Å². The zero-order valence-electron chi connectivity index (χ0n) is 11.6. The van der Waals surface area contributed by atoms with Crippen LogP contribution in [-0.4, -0.2) is 22.4 Å². The minimum Gasteiger partial charge on any atom is -0.361 e. The first-order valence-electron chi connectivity index (χ1n) is 6.64. The van der Waals surface area contributed by atoms with Gasteiger partial charge in [-0.1, -0.05) is 25.5 Å². The fraction of sp³-hybridized carbons (Fsp3) is 0.357. The Morgan fingerprint density at radius 3 is 2.95 bits per heavy atom. The average Bonchev–Trinajstić information content (AvgIpc) is 2.89. The Hall–Kier alpha value is -1.53. The van der Waals surface area contributed by atoms with Gasteiger partial charge in [0.1, 0.15) is 5.01 Å². The molecule has 106 valence electrons. The molecule has 0 unspecified atom stereocenters. The summed E-state index contributed by atoms with van der Waals surface area (Å²) >= 11 is 6.79. The van der Waals surface area contributed by atoms with Crippen molar-refractivity contribution in [1.29, 1.82) is 0 Å². The van der Waals surface area contributed by atoms with E-state index in [9.17, 15) is 0 Å². The molecule has 0 aliphatic rings. The second-order valence-corrected chi connectivity index (χ2v) is 5.84. The van der Waals surface area contributed by atoms with Crippen LogP contribution in [0.25, 0.3) is 10.2 Å². The highest BCUT2D eigenvalue weighted by molar-refractivity contribution is 7.80. The number of nitrogens with zero attached hydrogens (tertiary/aromatic N) is 2. The maximum atomic E-state index is 5.15. The molecule has 1 aromatic heterocycles. The number of hydrogen-bond donors (Lipinski definition) is 2. The van der Waals surface area contributed by atoms with Crippen molar-refractivity contribution in [3.63, 3.8) is 0 Å². The largest absolute Gasteiger partial charge is 0.361 e. The van der Waals surface area contributed by atoms with Gasteiger partial charge in [-0.2, -0.15) is 5.10 Å². The SMILES string of the molecule is CCCCNC(=S)N/N=C(/C)c1nc2ccccc2s1. The van der Waals surface area contributed by atoms with Crippen molar-refractivity contribution in [2.24, 2.45) is 5.10 Å². The summed E-state index contributed by atoms with van der Waals surface area (Å²) in [6.45, 7) is 4.95. The van der Waals surface area contributed by atoms with E-state index in [-0.39, 0.29) is 0 Å². The predicted octanol–water partition coefficient (Wildman–Crippen LogP) is 3.28. The van der Waals surface area contributed by atoms with Crippen molar-refractivity contribution in [2.75, 3.05) is 6.54 Å². The maximum absolute atomic E-state index is 5.15. The molecule has 0 amide bonds. The van der Waals surface area contributed by atoms with E-state index < -0.39 is 0 Å². The van der Waals surface area contributed by atoms with Crippen LogP contribution in [0.15, 0.2) is 29.4 Å². The third-order valence-electron chi connectivity index (χ3n) is 2.74. The molecule has 0 radical (unpaired) electrons. The summed E-state index contributed by atoms with van der Waals surface area (Å²) in [6, 6.07) is 8.08. The molecular formula is C14H18N4S2. The van der Waals surface area contributed by atoms with Crippen LogP contribution in [-0.2, 0) is 0 Å². The summed E-state index contributed by atoms with van der Waals surface area (Å²) in [5.74, 6) is 0. The van der Waals surface area contributed by atoms with Crippen LogP contribution < -0.4 is 10.7 Å². The number of unbranched alkanes of at least 4 members (excludes halogenated alkanes) is 1. The Bertz CT molecular complexity index is 585. The standard InChI is InChI=1S/C14H18N4S2/c1-3-4-9-15-14(19)18-17-10(2)13-16-11-7-5-6-8-12(11)20-13/h5-8H,3-4,9H2,1-2H3,(H2,15,18,19)/b17-10-. The normalized spacial score (nSPS) is 11.6. The lowest BCUT2D eigenvalue weighted by Gasteiger charge is -2.06. The Morgan fingerprint density at radius 1 is 1.40 bits per heavy atom. The average molecular weight is 306 g/mol. The van der Waals surface area contributed by atoms with Gasteiger partial charge in [-0.25, -0.2) is 4.98 Å². The third kappa shape index (κ3) is 3.98. The Morgan fingerprint density at radius 2 is 2.20 bits per heavy atom. The lowest BCUT2D eigenvalue weighted by Crippen LogP contribution is -2.33. The number of benzene rings is 1. The van der Waals surface area contributed by atoms with Crippen LogP contribution in [0.5, 0.6) is 0 Å². The van der Waals surface area contributed by atoms with Gasteiger partial charge in [-0.15, -0.1) is 11.3 Å². The summed E-state index contributed by atoms with van der Waals surface area (Å²) in [4.78, 5) is 4.55. The van der Waals surface area contributed by atoms with E-state index in [1.54, 1.807) is 11.3 Å². The van der Waals surface area contributed by atoms with Crippen molar-refractivity contribution < 1.29 is 0 Å². The molecule has 2 aromatic rings. The van der Waals surface area contributed by atoms with Gasteiger partial charge in [-0.05, 0) is 37.7 Å². The molecule has 0 spiro atoms. The molecule has 2 N–H and O–H groups in total. The van der Waals surface area contributed by atoms with Crippen LogP contribution in [0, 0.1) is 0 Å². The van der Waals surface area contributed by atoms with Crippen molar-refractivity contribution >= 4 is 44.6 Å². The highest BCUT2D eigenvalue weighted by Gasteiger charge is 2.06. The van der Waals surface area contributed by atoms with E-state index in [0.717, 1.165) is 35.6 Å². The number of rotatable bonds is 5. The van der Waals surface area contributed by atoms with Crippen molar-refractivity contribution in [3.8, 4) is 0 Å². The van der Waals surface area contributed by atoms with Crippen LogP contribution in [0.2, 0.25) is 0 Å². The summed E-state index contributed by atoms with van der Waals surface area (Å²) in [5, 5.41) is 8.86. The molecule has 4 nitrogen and oxygen atoms in total. The molecular weight excluding hydrogens is 288 g/mol. The first-order chi connectivity index (χ1) is 9.70. The van der Waals surface area contributed by atoms with Crippen molar-refractivity contribution in [3.05, 3.63) is 29.3 Å². The van der Waals surface area contributed by atoms with Gasteiger partial charge in [0.2, 0.25) is 0 Å². The van der Waals surface area contributed by atoms with Gasteiger partial charge in [-0.3, -0.25) is 5.43 Å². The van der Waals surface area contributed by atoms with E-state index >= 15 is 0 Å². The lowest BCUT2D eigenvalue weighted by atomic mass is 10.3. The van der Waals surface area contributed by atoms with Crippen molar-refractivity contribution in [1.82, 2.24) is 15.7 Å². The van der Waals surface area contributed by atoms with Gasteiger partial charge in [0.05, 0.1) is 15.9 Å². The Balaban J connectivity index is 1.97. The number of fused-ring (bicyclic) bond motifs is 1. The molecule has 0 saturated carbocycles. The molecule has 1 heterocycles. The van der Waals surface area contributed by atoms with Crippen LogP contribution >= 0.6 is 23.6 Å². The number of para-hydroxylation sites is 1. The molecule has 0 fully saturated rings. The number of hydrazone groups is 1. The molecule has 0 bridgehead atoms. The number of hydrogen-bond acceptors (Lipinski definition) is 4. The summed E-state index contributed by atoms with van der Waals surface area (Å²) in [7, 11) is 0. The van der Waals surface area contributed by atoms with E-state index in [1.807, 2.05) is 25.1 Å². The summed E-state index contributed by atoms with van der Waals surface area (Å²) in [6.07, 6.45) is 2.24. The molecule has 0 aliphatic heterocycles. The van der Waals surface area contributed by atoms with Gasteiger partial charge in [0.15, 0.2) is 5.11 Å². The molecule has 1 aromatic carbocycles. The monoisotopic (exact) mass is 306 g/mol. The third-order valence-corrected chi connectivity index (χ3v) is 4.13. The van der Waals surface area contributed by atoms with E-state index in [2.05, 4.69) is 33.8 Å². The number of thiazole rings is 1. The smallest absolute Gasteiger partial charge is 0.186 e. The van der Waals surface area contributed by atoms with E-state index in [0.29, 0.717) is 5.11 Å². The predicted molar refractivity (Wildman–Crippen MR) is 90.5 cm³/mol. The van der Waals surface area contributed by atoms with E-state index in [4.69, 9.17) is 12.2 Å². The quantitative estimate of drug-likeness (QED) is 0.385. The first kappa shape index (κ1) is 14.9. The minimum atomic E-state index is 0.555. The molecule has 6 heteroatoms. The number of thiocarbonyl (C=S) groups is 1. The summed E-state index contributed by atoms with van der Waals surface area (Å²) < 4.78 is 1.17. The highest BCUT2D eigenvalue weighted by atomic mass is 32.1. The molecule has 0 saturated heterocycles. The fourth-order valence-electron chi connectivity index (χ4n) is 1.63. The summed E-state index contributed by atoms with van der Waals surface area (Å²) in [5.41, 5.74) is 4.70. The fourth-order valence-corrected chi connectivity index (χ4v) is 2.69. The Kier molecular flexibility index (Phi) is 5.43. The lowest BCUT2D eigenvalue weighted by molar-refractivity contribution is 0.745. The first-order valence-corrected chi connectivity index (χ1v) is 7.87. The minimum absolute atomic E-state index is 0.555. The van der Waals surface area contributed by atoms with Gasteiger partial charge >= 0.3 is 0 Å². The van der Waals surface area contributed by atoms with Crippen LogP contribution in [0.4, 0.5) is 0 Å². The van der Waals surface area contributed by atoms with Gasteiger partial charge in [0, 0.05) is 6.54 Å². The second-order valence-electron chi connectivity index (χ2n) is 4.41. The highest BCUT2D eigenvalue weighted by Crippen LogP contribution is 2.21. The molecule has 0 aliphatic carbocycles. The maximum Gasteiger partial charge on any atom is 0.186 e. The topological polar surface area (TPSA) is 49.3 Å². The second kappa shape index (κ2) is 7.31.